The topological polar surface area (TPSA) is 94.4 Å². The lowest BCUT2D eigenvalue weighted by molar-refractivity contribution is -0.112. The fourth-order valence-corrected chi connectivity index (χ4v) is 3.03. The lowest BCUT2D eigenvalue weighted by Gasteiger charge is -2.10. The molecule has 6 heteroatoms. The highest BCUT2D eigenvalue weighted by Crippen LogP contribution is 2.29. The Morgan fingerprint density at radius 3 is 2.66 bits per heavy atom. The van der Waals surface area contributed by atoms with Crippen molar-refractivity contribution in [1.82, 2.24) is 5.32 Å². The van der Waals surface area contributed by atoms with Crippen LogP contribution in [0.2, 0.25) is 0 Å². The van der Waals surface area contributed by atoms with Crippen LogP contribution in [-0.4, -0.2) is 24.7 Å². The minimum atomic E-state index is -0.520. The van der Waals surface area contributed by atoms with Crippen LogP contribution in [0.5, 0.6) is 11.5 Å². The number of anilines is 1. The van der Waals surface area contributed by atoms with E-state index >= 15 is 0 Å². The summed E-state index contributed by atoms with van der Waals surface area (Å²) < 4.78 is 5.32. The molecule has 0 aliphatic heterocycles. The summed E-state index contributed by atoms with van der Waals surface area (Å²) in [6.45, 7) is 0.543. The first-order valence-corrected chi connectivity index (χ1v) is 9.11. The van der Waals surface area contributed by atoms with E-state index in [1.165, 1.54) is 6.20 Å². The number of fused-ring (bicyclic) bond motifs is 1. The van der Waals surface area contributed by atoms with E-state index in [1.54, 1.807) is 43.5 Å². The van der Waals surface area contributed by atoms with Crippen molar-refractivity contribution in [1.29, 1.82) is 5.26 Å². The molecule has 0 unspecified atom stereocenters. The normalized spacial score (nSPS) is 11.0. The second-order valence-corrected chi connectivity index (χ2v) is 6.32. The molecule has 0 aromatic heterocycles. The molecule has 0 aliphatic rings. The molecule has 146 valence electrons. The quantitative estimate of drug-likeness (QED) is 0.326. The number of carbonyl (C=O) groups excluding carboxylic acids is 1. The van der Waals surface area contributed by atoms with Gasteiger partial charge in [-0.1, -0.05) is 42.5 Å². The number of nitriles is 1. The molecule has 0 bridgehead atoms. The molecule has 0 fully saturated rings. The van der Waals surface area contributed by atoms with Crippen LogP contribution in [-0.2, 0) is 11.2 Å². The summed E-state index contributed by atoms with van der Waals surface area (Å²) in [7, 11) is 1.62. The Bertz CT molecular complexity index is 1100. The highest BCUT2D eigenvalue weighted by molar-refractivity contribution is 6.11. The van der Waals surface area contributed by atoms with Gasteiger partial charge in [-0.2, -0.15) is 5.26 Å². The van der Waals surface area contributed by atoms with Crippen molar-refractivity contribution < 1.29 is 14.6 Å². The lowest BCUT2D eigenvalue weighted by atomic mass is 10.1. The van der Waals surface area contributed by atoms with E-state index in [-0.39, 0.29) is 11.3 Å². The van der Waals surface area contributed by atoms with E-state index in [4.69, 9.17) is 4.74 Å². The molecule has 29 heavy (non-hydrogen) atoms. The van der Waals surface area contributed by atoms with Gasteiger partial charge < -0.3 is 20.5 Å². The number of carbonyl (C=O) groups is 1. The summed E-state index contributed by atoms with van der Waals surface area (Å²) in [5, 5.41) is 26.4. The number of rotatable bonds is 7. The molecule has 0 aliphatic carbocycles. The van der Waals surface area contributed by atoms with E-state index < -0.39 is 5.91 Å². The summed E-state index contributed by atoms with van der Waals surface area (Å²) >= 11 is 0. The van der Waals surface area contributed by atoms with Crippen LogP contribution in [0.4, 0.5) is 5.69 Å². The maximum atomic E-state index is 12.5. The number of hydrogen-bond donors (Lipinski definition) is 3. The molecule has 0 saturated carbocycles. The van der Waals surface area contributed by atoms with Crippen LogP contribution >= 0.6 is 0 Å². The first-order chi connectivity index (χ1) is 14.1. The predicted molar refractivity (Wildman–Crippen MR) is 113 cm³/mol. The molecule has 3 rings (SSSR count). The number of amides is 1. The summed E-state index contributed by atoms with van der Waals surface area (Å²) in [6.07, 6.45) is 2.09. The predicted octanol–water partition coefficient (Wildman–Crippen LogP) is 3.73. The van der Waals surface area contributed by atoms with Crippen LogP contribution in [0.25, 0.3) is 10.8 Å². The van der Waals surface area contributed by atoms with Gasteiger partial charge in [0.05, 0.1) is 7.11 Å². The fourth-order valence-electron chi connectivity index (χ4n) is 3.03. The lowest BCUT2D eigenvalue weighted by Crippen LogP contribution is -2.18. The van der Waals surface area contributed by atoms with Crippen LogP contribution in [0, 0.1) is 11.3 Å². The number of hydrogen-bond acceptors (Lipinski definition) is 5. The van der Waals surface area contributed by atoms with Crippen molar-refractivity contribution in [3.8, 4) is 17.6 Å². The van der Waals surface area contributed by atoms with E-state index in [2.05, 4.69) is 10.6 Å². The van der Waals surface area contributed by atoms with Gasteiger partial charge in [-0.05, 0) is 30.2 Å². The average Bonchev–Trinajstić information content (AvgIpc) is 2.74. The summed E-state index contributed by atoms with van der Waals surface area (Å²) in [4.78, 5) is 12.5. The third kappa shape index (κ3) is 4.66. The molecule has 6 nitrogen and oxygen atoms in total. The molecule has 3 aromatic rings. The minimum Gasteiger partial charge on any atom is -0.507 e. The van der Waals surface area contributed by atoms with Gasteiger partial charge in [0.2, 0.25) is 0 Å². The number of methoxy groups -OCH3 is 1. The fraction of sp³-hybridized carbons (Fsp3) is 0.130. The Kier molecular flexibility index (Phi) is 6.33. The monoisotopic (exact) mass is 387 g/mol. The first-order valence-electron chi connectivity index (χ1n) is 9.11. The van der Waals surface area contributed by atoms with Gasteiger partial charge in [-0.15, -0.1) is 0 Å². The number of nitrogens with one attached hydrogen (secondary N) is 2. The molecule has 0 spiro atoms. The van der Waals surface area contributed by atoms with Gasteiger partial charge in [0.15, 0.2) is 0 Å². The molecule has 0 saturated heterocycles. The zero-order valence-corrected chi connectivity index (χ0v) is 16.0. The molecule has 0 atom stereocenters. The Morgan fingerprint density at radius 2 is 1.86 bits per heavy atom. The van der Waals surface area contributed by atoms with Crippen molar-refractivity contribution in [2.75, 3.05) is 19.0 Å². The number of aromatic hydroxyl groups is 1. The maximum absolute atomic E-state index is 12.5. The van der Waals surface area contributed by atoms with E-state index in [0.717, 1.165) is 11.3 Å². The molecule has 3 N–H and O–H groups in total. The van der Waals surface area contributed by atoms with Crippen molar-refractivity contribution in [3.63, 3.8) is 0 Å². The van der Waals surface area contributed by atoms with E-state index in [1.807, 2.05) is 30.3 Å². The Labute approximate surface area is 169 Å². The Hall–Kier alpha value is -3.98. The van der Waals surface area contributed by atoms with Gasteiger partial charge in [0.25, 0.3) is 5.91 Å². The number of phenols is 1. The van der Waals surface area contributed by atoms with Crippen LogP contribution in [0.15, 0.2) is 72.4 Å². The zero-order chi connectivity index (χ0) is 20.6. The SMILES string of the molecule is COc1ccccc1CCN/C=C(/C#N)C(=O)Nc1cccc2c(O)cccc12. The van der Waals surface area contributed by atoms with Gasteiger partial charge in [-0.3, -0.25) is 4.79 Å². The standard InChI is InChI=1S/C23H21N3O3/c1-29-22-11-3-2-6-16(22)12-13-25-15-17(14-24)23(28)26-20-9-4-8-19-18(20)7-5-10-21(19)27/h2-11,15,25,27H,12-13H2,1H3,(H,26,28)/b17-15-. The summed E-state index contributed by atoms with van der Waals surface area (Å²) in [5.74, 6) is 0.413. The van der Waals surface area contributed by atoms with Gasteiger partial charge >= 0.3 is 0 Å². The van der Waals surface area contributed by atoms with Crippen molar-refractivity contribution in [3.05, 3.63) is 78.0 Å². The summed E-state index contributed by atoms with van der Waals surface area (Å²) in [6, 6.07) is 19.9. The Morgan fingerprint density at radius 1 is 1.10 bits per heavy atom. The number of para-hydroxylation sites is 1. The van der Waals surface area contributed by atoms with Crippen LogP contribution in [0.3, 0.4) is 0 Å². The third-order valence-electron chi connectivity index (χ3n) is 4.49. The average molecular weight is 387 g/mol. The van der Waals surface area contributed by atoms with Gasteiger partial charge in [0, 0.05) is 29.2 Å². The highest BCUT2D eigenvalue weighted by atomic mass is 16.5. The number of nitrogens with zero attached hydrogens (tertiary/aromatic N) is 1. The first kappa shape index (κ1) is 19.8. The molecule has 0 heterocycles. The van der Waals surface area contributed by atoms with Crippen molar-refractivity contribution in [2.45, 2.75) is 6.42 Å². The smallest absolute Gasteiger partial charge is 0.267 e. The highest BCUT2D eigenvalue weighted by Gasteiger charge is 2.12. The van der Waals surface area contributed by atoms with Crippen molar-refractivity contribution >= 4 is 22.4 Å². The third-order valence-corrected chi connectivity index (χ3v) is 4.49. The zero-order valence-electron chi connectivity index (χ0n) is 16.0. The van der Waals surface area contributed by atoms with E-state index in [9.17, 15) is 15.2 Å². The molecular formula is C23H21N3O3. The molecule has 0 radical (unpaired) electrons. The van der Waals surface area contributed by atoms with Gasteiger partial charge in [0.1, 0.15) is 23.1 Å². The second kappa shape index (κ2) is 9.29. The van der Waals surface area contributed by atoms with Crippen molar-refractivity contribution in [2.24, 2.45) is 0 Å². The summed E-state index contributed by atoms with van der Waals surface area (Å²) in [5.41, 5.74) is 1.52. The molecule has 3 aromatic carbocycles. The van der Waals surface area contributed by atoms with Crippen LogP contribution in [0.1, 0.15) is 5.56 Å². The molecule has 1 amide bonds. The number of benzene rings is 3. The Balaban J connectivity index is 1.66. The van der Waals surface area contributed by atoms with E-state index in [0.29, 0.717) is 29.4 Å². The van der Waals surface area contributed by atoms with Gasteiger partial charge in [-0.25, -0.2) is 0 Å². The number of phenolic OH excluding ortho intramolecular Hbond substituents is 1. The molecular weight excluding hydrogens is 366 g/mol. The largest absolute Gasteiger partial charge is 0.507 e. The number of ether oxygens (including phenoxy) is 1. The minimum absolute atomic E-state index is 0.0396. The maximum Gasteiger partial charge on any atom is 0.267 e. The van der Waals surface area contributed by atoms with Crippen LogP contribution < -0.4 is 15.4 Å². The second-order valence-electron chi connectivity index (χ2n) is 6.32.